The van der Waals surface area contributed by atoms with Crippen molar-refractivity contribution in [3.8, 4) is 0 Å². The van der Waals surface area contributed by atoms with Crippen molar-refractivity contribution in [2.75, 3.05) is 26.2 Å². The van der Waals surface area contributed by atoms with Crippen LogP contribution in [0.15, 0.2) is 0 Å². The van der Waals surface area contributed by atoms with Crippen molar-refractivity contribution in [1.29, 1.82) is 0 Å². The molecule has 1 aliphatic carbocycles. The summed E-state index contributed by atoms with van der Waals surface area (Å²) < 4.78 is 0. The minimum atomic E-state index is 0.389. The van der Waals surface area contributed by atoms with Gasteiger partial charge in [-0.15, -0.1) is 0 Å². The zero-order valence-corrected chi connectivity index (χ0v) is 9.12. The lowest BCUT2D eigenvalue weighted by Crippen LogP contribution is -2.24. The van der Waals surface area contributed by atoms with Crippen molar-refractivity contribution in [2.24, 2.45) is 11.8 Å². The molecule has 0 radical (unpaired) electrons. The van der Waals surface area contributed by atoms with Crippen molar-refractivity contribution < 1.29 is 5.11 Å². The van der Waals surface area contributed by atoms with E-state index in [0.29, 0.717) is 12.5 Å². The Bertz CT molecular complexity index is 166. The molecule has 2 heteroatoms. The van der Waals surface area contributed by atoms with Crippen LogP contribution in [0.2, 0.25) is 0 Å². The van der Waals surface area contributed by atoms with Crippen LogP contribution in [0.5, 0.6) is 0 Å². The fourth-order valence-corrected chi connectivity index (χ4v) is 2.93. The molecule has 82 valence electrons. The lowest BCUT2D eigenvalue weighted by Gasteiger charge is -2.17. The number of hydrogen-bond acceptors (Lipinski definition) is 2. The van der Waals surface area contributed by atoms with Crippen molar-refractivity contribution in [2.45, 2.75) is 38.5 Å². The molecule has 1 saturated carbocycles. The predicted octanol–water partition coefficient (Wildman–Crippen LogP) is 1.88. The van der Waals surface area contributed by atoms with Gasteiger partial charge in [-0.25, -0.2) is 0 Å². The molecule has 0 amide bonds. The molecule has 1 atom stereocenters. The maximum absolute atomic E-state index is 9.04. The lowest BCUT2D eigenvalue weighted by molar-refractivity contribution is 0.218. The van der Waals surface area contributed by atoms with Gasteiger partial charge in [0.05, 0.1) is 0 Å². The van der Waals surface area contributed by atoms with Gasteiger partial charge in [0, 0.05) is 13.2 Å². The highest BCUT2D eigenvalue weighted by Gasteiger charge is 2.22. The molecular formula is C12H23NO. The van der Waals surface area contributed by atoms with E-state index in [1.807, 2.05) is 0 Å². The fourth-order valence-electron chi connectivity index (χ4n) is 2.93. The van der Waals surface area contributed by atoms with Crippen LogP contribution in [-0.4, -0.2) is 36.2 Å². The highest BCUT2D eigenvalue weighted by Crippen LogP contribution is 2.28. The van der Waals surface area contributed by atoms with Crippen molar-refractivity contribution >= 4 is 0 Å². The molecule has 0 aromatic rings. The van der Waals surface area contributed by atoms with E-state index in [1.54, 1.807) is 0 Å². The van der Waals surface area contributed by atoms with E-state index in [4.69, 9.17) is 5.11 Å². The van der Waals surface area contributed by atoms with Crippen LogP contribution in [0, 0.1) is 11.8 Å². The van der Waals surface area contributed by atoms with Crippen LogP contribution in [0.3, 0.4) is 0 Å². The van der Waals surface area contributed by atoms with E-state index in [-0.39, 0.29) is 0 Å². The third-order valence-electron chi connectivity index (χ3n) is 3.96. The van der Waals surface area contributed by atoms with Crippen LogP contribution in [0.4, 0.5) is 0 Å². The van der Waals surface area contributed by atoms with Gasteiger partial charge in [0.15, 0.2) is 0 Å². The van der Waals surface area contributed by atoms with E-state index < -0.39 is 0 Å². The Hall–Kier alpha value is -0.0800. The summed E-state index contributed by atoms with van der Waals surface area (Å²) in [6.07, 6.45) is 8.47. The lowest BCUT2D eigenvalue weighted by atomic mass is 10.0. The Morgan fingerprint density at radius 1 is 1.07 bits per heavy atom. The number of aliphatic hydroxyl groups is 1. The largest absolute Gasteiger partial charge is 0.396 e. The minimum absolute atomic E-state index is 0.389. The third kappa shape index (κ3) is 2.71. The van der Waals surface area contributed by atoms with Gasteiger partial charge in [-0.3, -0.25) is 0 Å². The van der Waals surface area contributed by atoms with Gasteiger partial charge in [0.2, 0.25) is 0 Å². The van der Waals surface area contributed by atoms with Crippen molar-refractivity contribution in [1.82, 2.24) is 4.90 Å². The minimum Gasteiger partial charge on any atom is -0.396 e. The smallest absolute Gasteiger partial charge is 0.0471 e. The summed E-state index contributed by atoms with van der Waals surface area (Å²) in [5, 5.41) is 9.04. The molecule has 1 saturated heterocycles. The maximum atomic E-state index is 9.04. The van der Waals surface area contributed by atoms with Crippen LogP contribution in [-0.2, 0) is 0 Å². The molecule has 0 spiro atoms. The summed E-state index contributed by atoms with van der Waals surface area (Å²) in [7, 11) is 0. The van der Waals surface area contributed by atoms with E-state index in [1.165, 1.54) is 51.6 Å². The first-order valence-electron chi connectivity index (χ1n) is 6.21. The normalized spacial score (nSPS) is 30.2. The average Bonchev–Trinajstić information content (AvgIpc) is 2.86. The number of likely N-dealkylation sites (tertiary alicyclic amines) is 1. The summed E-state index contributed by atoms with van der Waals surface area (Å²) in [5.74, 6) is 1.58. The SMILES string of the molecule is OCC1CCN(CCC2CCCC2)C1. The standard InChI is InChI=1S/C12H23NO/c14-10-12-6-8-13(9-12)7-5-11-3-1-2-4-11/h11-12,14H,1-10H2. The summed E-state index contributed by atoms with van der Waals surface area (Å²) in [5.41, 5.74) is 0. The van der Waals surface area contributed by atoms with Gasteiger partial charge in [0.1, 0.15) is 0 Å². The Labute approximate surface area is 87.3 Å². The zero-order chi connectivity index (χ0) is 9.80. The summed E-state index contributed by atoms with van der Waals surface area (Å²) in [4.78, 5) is 2.54. The molecule has 2 fully saturated rings. The summed E-state index contributed by atoms with van der Waals surface area (Å²) >= 11 is 0. The Morgan fingerprint density at radius 2 is 1.86 bits per heavy atom. The number of nitrogens with zero attached hydrogens (tertiary/aromatic N) is 1. The maximum Gasteiger partial charge on any atom is 0.0471 e. The van der Waals surface area contributed by atoms with Crippen LogP contribution < -0.4 is 0 Å². The van der Waals surface area contributed by atoms with E-state index in [0.717, 1.165) is 12.5 Å². The number of aliphatic hydroxyl groups excluding tert-OH is 1. The van der Waals surface area contributed by atoms with E-state index >= 15 is 0 Å². The topological polar surface area (TPSA) is 23.5 Å². The second-order valence-corrected chi connectivity index (χ2v) is 5.08. The highest BCUT2D eigenvalue weighted by atomic mass is 16.3. The van der Waals surface area contributed by atoms with Crippen LogP contribution in [0.1, 0.15) is 38.5 Å². The zero-order valence-electron chi connectivity index (χ0n) is 9.12. The first-order valence-corrected chi connectivity index (χ1v) is 6.21. The predicted molar refractivity (Wildman–Crippen MR) is 58.2 cm³/mol. The monoisotopic (exact) mass is 197 g/mol. The molecule has 0 aromatic heterocycles. The van der Waals surface area contributed by atoms with E-state index in [9.17, 15) is 0 Å². The highest BCUT2D eigenvalue weighted by molar-refractivity contribution is 4.76. The molecular weight excluding hydrogens is 174 g/mol. The summed E-state index contributed by atoms with van der Waals surface area (Å²) in [6, 6.07) is 0. The molecule has 2 rings (SSSR count). The van der Waals surface area contributed by atoms with Gasteiger partial charge in [0.25, 0.3) is 0 Å². The molecule has 1 aliphatic heterocycles. The van der Waals surface area contributed by atoms with Gasteiger partial charge >= 0.3 is 0 Å². The van der Waals surface area contributed by atoms with Crippen molar-refractivity contribution in [3.05, 3.63) is 0 Å². The Morgan fingerprint density at radius 3 is 2.50 bits per heavy atom. The van der Waals surface area contributed by atoms with Crippen LogP contribution >= 0.6 is 0 Å². The second-order valence-electron chi connectivity index (χ2n) is 5.08. The molecule has 1 unspecified atom stereocenters. The average molecular weight is 197 g/mol. The van der Waals surface area contributed by atoms with Gasteiger partial charge in [-0.2, -0.15) is 0 Å². The summed E-state index contributed by atoms with van der Waals surface area (Å²) in [6.45, 7) is 4.03. The molecule has 14 heavy (non-hydrogen) atoms. The van der Waals surface area contributed by atoms with Crippen molar-refractivity contribution in [3.63, 3.8) is 0 Å². The molecule has 2 aliphatic rings. The van der Waals surface area contributed by atoms with Gasteiger partial charge in [-0.1, -0.05) is 25.7 Å². The van der Waals surface area contributed by atoms with E-state index in [2.05, 4.69) is 4.90 Å². The quantitative estimate of drug-likeness (QED) is 0.744. The Kier molecular flexibility index (Phi) is 3.82. The first-order chi connectivity index (χ1) is 6.88. The van der Waals surface area contributed by atoms with Crippen LogP contribution in [0.25, 0.3) is 0 Å². The van der Waals surface area contributed by atoms with Gasteiger partial charge < -0.3 is 10.0 Å². The Balaban J connectivity index is 1.61. The van der Waals surface area contributed by atoms with Gasteiger partial charge in [-0.05, 0) is 37.8 Å². The molecule has 0 bridgehead atoms. The number of hydrogen-bond donors (Lipinski definition) is 1. The fraction of sp³-hybridized carbons (Fsp3) is 1.00. The second kappa shape index (κ2) is 5.13. The molecule has 0 aromatic carbocycles. The molecule has 1 N–H and O–H groups in total. The third-order valence-corrected chi connectivity index (χ3v) is 3.96. The molecule has 2 nitrogen and oxygen atoms in total. The number of rotatable bonds is 4. The molecule has 1 heterocycles. The first kappa shape index (κ1) is 10.4.